The molecule has 0 aromatic rings. The van der Waals surface area contributed by atoms with Crippen LogP contribution in [-0.4, -0.2) is 37.8 Å². The zero-order valence-electron chi connectivity index (χ0n) is 8.16. The summed E-state index contributed by atoms with van der Waals surface area (Å²) >= 11 is 0. The van der Waals surface area contributed by atoms with Crippen molar-refractivity contribution in [3.05, 3.63) is 11.9 Å². The van der Waals surface area contributed by atoms with Crippen molar-refractivity contribution in [3.8, 4) is 0 Å². The third kappa shape index (κ3) is 4.20. The Balaban J connectivity index is 4.24. The van der Waals surface area contributed by atoms with Crippen molar-refractivity contribution in [2.75, 3.05) is 13.6 Å². The summed E-state index contributed by atoms with van der Waals surface area (Å²) in [5.41, 5.74) is 0.638. The first-order chi connectivity index (χ1) is 6.15. The van der Waals surface area contributed by atoms with Gasteiger partial charge in [-0.15, -0.1) is 0 Å². The molecular weight excluding hydrogens is 166 g/mol. The monoisotopic (exact) mass is 181 g/mol. The summed E-state index contributed by atoms with van der Waals surface area (Å²) in [6.07, 6.45) is 1.98. The number of nitrogens with zero attached hydrogens (tertiary/aromatic N) is 3. The second-order valence-corrected chi connectivity index (χ2v) is 2.56. The summed E-state index contributed by atoms with van der Waals surface area (Å²) in [5, 5.41) is 0. The lowest BCUT2D eigenvalue weighted by molar-refractivity contribution is -0.129. The van der Waals surface area contributed by atoms with E-state index in [0.717, 1.165) is 0 Å². The minimum Gasteiger partial charge on any atom is -0.340 e. The molecule has 0 aliphatic heterocycles. The van der Waals surface area contributed by atoms with E-state index in [1.807, 2.05) is 6.92 Å². The molecule has 4 nitrogen and oxygen atoms in total. The lowest BCUT2D eigenvalue weighted by atomic mass is 10.3. The standard InChI is InChI=1S/C9H15N3O/c1-5-9(13)12(4)7-8(11-3)6-10-2/h6H,2-3,5,7H2,1,4H3/b8-6-. The Bertz CT molecular complexity index is 233. The highest BCUT2D eigenvalue weighted by atomic mass is 16.2. The van der Waals surface area contributed by atoms with Crippen LogP contribution in [0.4, 0.5) is 0 Å². The van der Waals surface area contributed by atoms with Gasteiger partial charge in [-0.25, -0.2) is 0 Å². The third-order valence-corrected chi connectivity index (χ3v) is 1.57. The predicted molar refractivity (Wildman–Crippen MR) is 55.1 cm³/mol. The molecular formula is C9H15N3O. The van der Waals surface area contributed by atoms with Gasteiger partial charge in [0, 0.05) is 19.7 Å². The van der Waals surface area contributed by atoms with E-state index in [1.54, 1.807) is 11.9 Å². The van der Waals surface area contributed by atoms with Crippen LogP contribution < -0.4 is 0 Å². The van der Waals surface area contributed by atoms with Crippen molar-refractivity contribution in [1.82, 2.24) is 4.90 Å². The van der Waals surface area contributed by atoms with Crippen LogP contribution in [0.2, 0.25) is 0 Å². The van der Waals surface area contributed by atoms with E-state index >= 15 is 0 Å². The maximum absolute atomic E-state index is 11.2. The fourth-order valence-electron chi connectivity index (χ4n) is 0.838. The number of likely N-dealkylation sites (N-methyl/N-ethyl adjacent to an activating group) is 1. The Labute approximate surface area is 78.7 Å². The van der Waals surface area contributed by atoms with E-state index in [1.165, 1.54) is 6.20 Å². The van der Waals surface area contributed by atoms with Crippen LogP contribution in [0.15, 0.2) is 21.9 Å². The quantitative estimate of drug-likeness (QED) is 0.586. The van der Waals surface area contributed by atoms with Crippen molar-refractivity contribution in [2.24, 2.45) is 9.98 Å². The van der Waals surface area contributed by atoms with Gasteiger partial charge < -0.3 is 4.90 Å². The first kappa shape index (κ1) is 11.6. The minimum atomic E-state index is 0.0682. The molecule has 4 heteroatoms. The van der Waals surface area contributed by atoms with Gasteiger partial charge in [0.25, 0.3) is 0 Å². The van der Waals surface area contributed by atoms with Crippen LogP contribution >= 0.6 is 0 Å². The maximum atomic E-state index is 11.2. The molecule has 0 aromatic heterocycles. The number of hydrogen-bond donors (Lipinski definition) is 0. The molecule has 0 saturated heterocycles. The largest absolute Gasteiger partial charge is 0.340 e. The minimum absolute atomic E-state index is 0.0682. The van der Waals surface area contributed by atoms with Crippen molar-refractivity contribution in [3.63, 3.8) is 0 Å². The van der Waals surface area contributed by atoms with Crippen LogP contribution in [0.3, 0.4) is 0 Å². The highest BCUT2D eigenvalue weighted by Crippen LogP contribution is 2.00. The SMILES string of the molecule is C=N/C=C(/CN(C)C(=O)CC)N=C. The highest BCUT2D eigenvalue weighted by Gasteiger charge is 2.06. The molecule has 0 atom stereocenters. The van der Waals surface area contributed by atoms with E-state index < -0.39 is 0 Å². The number of carbonyl (C=O) groups is 1. The van der Waals surface area contributed by atoms with Crippen molar-refractivity contribution >= 4 is 19.3 Å². The van der Waals surface area contributed by atoms with Crippen molar-refractivity contribution in [2.45, 2.75) is 13.3 Å². The second kappa shape index (κ2) is 6.11. The first-order valence-corrected chi connectivity index (χ1v) is 4.01. The Hall–Kier alpha value is -1.45. The molecule has 0 unspecified atom stereocenters. The number of rotatable bonds is 5. The Morgan fingerprint density at radius 1 is 1.54 bits per heavy atom. The third-order valence-electron chi connectivity index (χ3n) is 1.57. The summed E-state index contributed by atoms with van der Waals surface area (Å²) in [6, 6.07) is 0. The van der Waals surface area contributed by atoms with Crippen LogP contribution in [0, 0.1) is 0 Å². The van der Waals surface area contributed by atoms with Gasteiger partial charge in [0.2, 0.25) is 5.91 Å². The van der Waals surface area contributed by atoms with Crippen LogP contribution in [0.25, 0.3) is 0 Å². The molecule has 13 heavy (non-hydrogen) atoms. The van der Waals surface area contributed by atoms with E-state index in [-0.39, 0.29) is 5.91 Å². The van der Waals surface area contributed by atoms with Gasteiger partial charge >= 0.3 is 0 Å². The average Bonchev–Trinajstić information content (AvgIpc) is 2.15. The van der Waals surface area contributed by atoms with Gasteiger partial charge in [0.1, 0.15) is 0 Å². The second-order valence-electron chi connectivity index (χ2n) is 2.56. The lowest BCUT2D eigenvalue weighted by Gasteiger charge is -2.15. The van der Waals surface area contributed by atoms with Crippen LogP contribution in [0.1, 0.15) is 13.3 Å². The molecule has 0 bridgehead atoms. The molecule has 0 heterocycles. The number of carbonyl (C=O) groups excluding carboxylic acids is 1. The molecule has 72 valence electrons. The van der Waals surface area contributed by atoms with Gasteiger partial charge in [-0.05, 0) is 13.4 Å². The molecule has 0 aliphatic carbocycles. The van der Waals surface area contributed by atoms with E-state index in [0.29, 0.717) is 18.7 Å². The van der Waals surface area contributed by atoms with Crippen molar-refractivity contribution < 1.29 is 4.79 Å². The summed E-state index contributed by atoms with van der Waals surface area (Å²) in [5.74, 6) is 0.0682. The Kier molecular flexibility index (Phi) is 5.43. The van der Waals surface area contributed by atoms with Crippen LogP contribution in [0.5, 0.6) is 0 Å². The Morgan fingerprint density at radius 3 is 2.54 bits per heavy atom. The smallest absolute Gasteiger partial charge is 0.222 e. The fourth-order valence-corrected chi connectivity index (χ4v) is 0.838. The zero-order chi connectivity index (χ0) is 10.3. The maximum Gasteiger partial charge on any atom is 0.222 e. The normalized spacial score (nSPS) is 10.8. The number of hydrogen-bond acceptors (Lipinski definition) is 3. The van der Waals surface area contributed by atoms with E-state index in [4.69, 9.17) is 0 Å². The average molecular weight is 181 g/mol. The van der Waals surface area contributed by atoms with Gasteiger partial charge in [-0.3, -0.25) is 14.8 Å². The summed E-state index contributed by atoms with van der Waals surface area (Å²) in [4.78, 5) is 20.0. The van der Waals surface area contributed by atoms with E-state index in [2.05, 4.69) is 23.4 Å². The highest BCUT2D eigenvalue weighted by molar-refractivity contribution is 5.75. The molecule has 1 amide bonds. The summed E-state index contributed by atoms with van der Waals surface area (Å²) in [6.45, 7) is 8.92. The lowest BCUT2D eigenvalue weighted by Crippen LogP contribution is -2.27. The fraction of sp³-hybridized carbons (Fsp3) is 0.444. The van der Waals surface area contributed by atoms with Gasteiger partial charge in [0.05, 0.1) is 12.2 Å². The summed E-state index contributed by atoms with van der Waals surface area (Å²) < 4.78 is 0. The molecule has 0 N–H and O–H groups in total. The van der Waals surface area contributed by atoms with Gasteiger partial charge in [0.15, 0.2) is 0 Å². The Morgan fingerprint density at radius 2 is 2.15 bits per heavy atom. The topological polar surface area (TPSA) is 45.0 Å². The molecule has 0 saturated carbocycles. The summed E-state index contributed by atoms with van der Waals surface area (Å²) in [7, 11) is 1.72. The molecule has 0 radical (unpaired) electrons. The van der Waals surface area contributed by atoms with Crippen molar-refractivity contribution in [1.29, 1.82) is 0 Å². The van der Waals surface area contributed by atoms with Gasteiger partial charge in [-0.1, -0.05) is 6.92 Å². The molecule has 0 aliphatic rings. The molecule has 0 fully saturated rings. The van der Waals surface area contributed by atoms with E-state index in [9.17, 15) is 4.79 Å². The molecule has 0 rings (SSSR count). The van der Waals surface area contributed by atoms with Crippen LogP contribution in [-0.2, 0) is 4.79 Å². The molecule has 0 spiro atoms. The van der Waals surface area contributed by atoms with Gasteiger partial charge in [-0.2, -0.15) is 0 Å². The zero-order valence-corrected chi connectivity index (χ0v) is 8.16. The number of amides is 1. The number of aliphatic imine (C=N–C) groups is 2. The molecule has 0 aromatic carbocycles. The first-order valence-electron chi connectivity index (χ1n) is 4.01. The predicted octanol–water partition coefficient (Wildman–Crippen LogP) is 1.10.